The van der Waals surface area contributed by atoms with Gasteiger partial charge in [0.1, 0.15) is 0 Å². The van der Waals surface area contributed by atoms with Crippen LogP contribution in [0.2, 0.25) is 0 Å². The van der Waals surface area contributed by atoms with Crippen LogP contribution in [0.4, 0.5) is 0 Å². The second-order valence-electron chi connectivity index (χ2n) is 1.81. The van der Waals surface area contributed by atoms with Crippen molar-refractivity contribution in [3.63, 3.8) is 0 Å². The fourth-order valence-corrected chi connectivity index (χ4v) is 0.401. The zero-order valence-electron chi connectivity index (χ0n) is 5.62. The van der Waals surface area contributed by atoms with E-state index >= 15 is 0 Å². The van der Waals surface area contributed by atoms with Gasteiger partial charge in [0.05, 0.1) is 0 Å². The molecule has 48 valence electrons. The summed E-state index contributed by atoms with van der Waals surface area (Å²) in [5, 5.41) is 6.11. The summed E-state index contributed by atoms with van der Waals surface area (Å²) in [6.45, 7) is 7.60. The third-order valence-electron chi connectivity index (χ3n) is 0.802. The molecule has 0 fully saturated rings. The van der Waals surface area contributed by atoms with Gasteiger partial charge in [-0.25, -0.2) is 0 Å². The monoisotopic (exact) mass is 114 g/mol. The van der Waals surface area contributed by atoms with Crippen molar-refractivity contribution in [2.45, 2.75) is 6.92 Å². The molecule has 0 aliphatic heterocycles. The van der Waals surface area contributed by atoms with Gasteiger partial charge >= 0.3 is 0 Å². The standard InChI is InChI=1S/C6H14N2/c1-6(2)8-5-4-7-3/h7-8H,1,4-5H2,2-3H3. The highest BCUT2D eigenvalue weighted by molar-refractivity contribution is 4.83. The molecule has 0 saturated heterocycles. The number of nitrogens with one attached hydrogen (secondary N) is 2. The van der Waals surface area contributed by atoms with Gasteiger partial charge in [-0.15, -0.1) is 0 Å². The molecule has 0 aliphatic rings. The van der Waals surface area contributed by atoms with Crippen molar-refractivity contribution in [2.75, 3.05) is 20.1 Å². The zero-order valence-corrected chi connectivity index (χ0v) is 5.62. The normalized spacial score (nSPS) is 8.75. The molecule has 0 bridgehead atoms. The molecule has 0 rings (SSSR count). The molecule has 2 N–H and O–H groups in total. The van der Waals surface area contributed by atoms with E-state index in [9.17, 15) is 0 Å². The first-order valence-electron chi connectivity index (χ1n) is 2.81. The number of rotatable bonds is 4. The molecule has 0 saturated carbocycles. The molecular formula is C6H14N2. The van der Waals surface area contributed by atoms with Crippen LogP contribution < -0.4 is 10.6 Å². The van der Waals surface area contributed by atoms with Gasteiger partial charge in [-0.2, -0.15) is 0 Å². The van der Waals surface area contributed by atoms with Gasteiger partial charge in [-0.1, -0.05) is 6.58 Å². The summed E-state index contributed by atoms with van der Waals surface area (Å²) < 4.78 is 0. The molecule has 0 aromatic heterocycles. The highest BCUT2D eigenvalue weighted by atomic mass is 14.9. The van der Waals surface area contributed by atoms with Gasteiger partial charge in [0.25, 0.3) is 0 Å². The quantitative estimate of drug-likeness (QED) is 0.515. The second-order valence-corrected chi connectivity index (χ2v) is 1.81. The third-order valence-corrected chi connectivity index (χ3v) is 0.802. The van der Waals surface area contributed by atoms with E-state index in [0.717, 1.165) is 18.8 Å². The lowest BCUT2D eigenvalue weighted by molar-refractivity contribution is 0.719. The Hall–Kier alpha value is -0.500. The highest BCUT2D eigenvalue weighted by Crippen LogP contribution is 1.73. The molecule has 2 heteroatoms. The molecule has 8 heavy (non-hydrogen) atoms. The third kappa shape index (κ3) is 5.50. The van der Waals surface area contributed by atoms with Crippen LogP contribution >= 0.6 is 0 Å². The number of allylic oxidation sites excluding steroid dienone is 1. The lowest BCUT2D eigenvalue weighted by Crippen LogP contribution is -2.22. The first kappa shape index (κ1) is 7.50. The van der Waals surface area contributed by atoms with Crippen LogP contribution in [0, 0.1) is 0 Å². The predicted octanol–water partition coefficient (Wildman–Crippen LogP) is 0.329. The Bertz CT molecular complexity index is 68.9. The predicted molar refractivity (Wildman–Crippen MR) is 36.7 cm³/mol. The second kappa shape index (κ2) is 4.65. The maximum atomic E-state index is 3.69. The van der Waals surface area contributed by atoms with Crippen LogP contribution in [-0.4, -0.2) is 20.1 Å². The summed E-state index contributed by atoms with van der Waals surface area (Å²) in [5.74, 6) is 0. The van der Waals surface area contributed by atoms with Gasteiger partial charge in [0.15, 0.2) is 0 Å². The summed E-state index contributed by atoms with van der Waals surface area (Å²) in [6, 6.07) is 0. The minimum Gasteiger partial charge on any atom is -0.388 e. The van der Waals surface area contributed by atoms with Crippen LogP contribution in [0.25, 0.3) is 0 Å². The molecule has 0 aromatic rings. The minimum absolute atomic E-state index is 0.964. The summed E-state index contributed by atoms with van der Waals surface area (Å²) >= 11 is 0. The highest BCUT2D eigenvalue weighted by Gasteiger charge is 1.79. The molecule has 0 radical (unpaired) electrons. The largest absolute Gasteiger partial charge is 0.388 e. The van der Waals surface area contributed by atoms with Crippen molar-refractivity contribution >= 4 is 0 Å². The first-order valence-corrected chi connectivity index (χ1v) is 2.81. The minimum atomic E-state index is 0.964. The Kier molecular flexibility index (Phi) is 4.36. The maximum Gasteiger partial charge on any atom is 0.0268 e. The fraction of sp³-hybridized carbons (Fsp3) is 0.667. The van der Waals surface area contributed by atoms with E-state index in [-0.39, 0.29) is 0 Å². The van der Waals surface area contributed by atoms with E-state index in [4.69, 9.17) is 0 Å². The van der Waals surface area contributed by atoms with Gasteiger partial charge in [0, 0.05) is 18.8 Å². The van der Waals surface area contributed by atoms with Crippen LogP contribution in [0.5, 0.6) is 0 Å². The molecule has 0 amide bonds. The summed E-state index contributed by atoms with van der Waals surface area (Å²) in [7, 11) is 1.93. The molecule has 0 aliphatic carbocycles. The Labute approximate surface area is 51.0 Å². The van der Waals surface area contributed by atoms with E-state index in [0.29, 0.717) is 0 Å². The van der Waals surface area contributed by atoms with E-state index in [1.807, 2.05) is 14.0 Å². The Morgan fingerprint density at radius 1 is 1.50 bits per heavy atom. The fourth-order valence-electron chi connectivity index (χ4n) is 0.401. The average molecular weight is 114 g/mol. The summed E-state index contributed by atoms with van der Waals surface area (Å²) in [6.07, 6.45) is 0. The summed E-state index contributed by atoms with van der Waals surface area (Å²) in [4.78, 5) is 0. The summed E-state index contributed by atoms with van der Waals surface area (Å²) in [5.41, 5.74) is 1.03. The van der Waals surface area contributed by atoms with Crippen molar-refractivity contribution in [3.05, 3.63) is 12.3 Å². The van der Waals surface area contributed by atoms with Crippen LogP contribution in [0.1, 0.15) is 6.92 Å². The van der Waals surface area contributed by atoms with Crippen molar-refractivity contribution in [2.24, 2.45) is 0 Å². The van der Waals surface area contributed by atoms with Gasteiger partial charge < -0.3 is 10.6 Å². The smallest absolute Gasteiger partial charge is 0.0268 e. The van der Waals surface area contributed by atoms with Gasteiger partial charge in [0.2, 0.25) is 0 Å². The lowest BCUT2D eigenvalue weighted by atomic mass is 10.5. The molecule has 0 spiro atoms. The van der Waals surface area contributed by atoms with Crippen LogP contribution in [0.15, 0.2) is 12.3 Å². The van der Waals surface area contributed by atoms with E-state index < -0.39 is 0 Å². The number of likely N-dealkylation sites (N-methyl/N-ethyl adjacent to an activating group) is 1. The van der Waals surface area contributed by atoms with E-state index in [1.165, 1.54) is 0 Å². The molecule has 0 aromatic carbocycles. The SMILES string of the molecule is C=C(C)NCCNC. The molecule has 0 atom stereocenters. The van der Waals surface area contributed by atoms with Gasteiger partial charge in [-0.05, 0) is 14.0 Å². The van der Waals surface area contributed by atoms with Crippen molar-refractivity contribution in [1.29, 1.82) is 0 Å². The van der Waals surface area contributed by atoms with E-state index in [1.54, 1.807) is 0 Å². The van der Waals surface area contributed by atoms with Crippen molar-refractivity contribution in [1.82, 2.24) is 10.6 Å². The van der Waals surface area contributed by atoms with Crippen molar-refractivity contribution < 1.29 is 0 Å². The number of hydrogen-bond acceptors (Lipinski definition) is 2. The van der Waals surface area contributed by atoms with Crippen molar-refractivity contribution in [3.8, 4) is 0 Å². The molecule has 0 heterocycles. The Balaban J connectivity index is 2.82. The first-order chi connectivity index (χ1) is 3.77. The van der Waals surface area contributed by atoms with Crippen LogP contribution in [-0.2, 0) is 0 Å². The van der Waals surface area contributed by atoms with Gasteiger partial charge in [-0.3, -0.25) is 0 Å². The Morgan fingerprint density at radius 2 is 2.12 bits per heavy atom. The topological polar surface area (TPSA) is 24.1 Å². The average Bonchev–Trinajstić information content (AvgIpc) is 1.66. The molecule has 2 nitrogen and oxygen atoms in total. The lowest BCUT2D eigenvalue weighted by Gasteiger charge is -2.01. The molecule has 0 unspecified atom stereocenters. The number of hydrogen-bond donors (Lipinski definition) is 2. The maximum absolute atomic E-state index is 3.69. The Morgan fingerprint density at radius 3 is 2.50 bits per heavy atom. The van der Waals surface area contributed by atoms with E-state index in [2.05, 4.69) is 17.2 Å². The zero-order chi connectivity index (χ0) is 6.41. The van der Waals surface area contributed by atoms with Crippen LogP contribution in [0.3, 0.4) is 0 Å². The molecular weight excluding hydrogens is 100 g/mol.